The van der Waals surface area contributed by atoms with Gasteiger partial charge in [-0.1, -0.05) is 57.9 Å². The first-order chi connectivity index (χ1) is 15.2. The summed E-state index contributed by atoms with van der Waals surface area (Å²) in [6, 6.07) is 20.3. The van der Waals surface area contributed by atoms with Crippen molar-refractivity contribution in [2.45, 2.75) is 18.7 Å². The molecule has 166 valence electrons. The van der Waals surface area contributed by atoms with E-state index >= 15 is 0 Å². The molecule has 0 spiro atoms. The number of aryl methyl sites for hydroxylation is 1. The number of nitrogens with one attached hydrogen (secondary N) is 1. The molecule has 0 saturated heterocycles. The average Bonchev–Trinajstić information content (AvgIpc) is 2.77. The molecule has 0 atom stereocenters. The largest absolute Gasteiger partial charge is 0.271 e. The van der Waals surface area contributed by atoms with Crippen molar-refractivity contribution in [2.24, 2.45) is 5.10 Å². The summed E-state index contributed by atoms with van der Waals surface area (Å²) in [5.74, 6) is -0.576. The number of nitrogens with zero attached hydrogens (tertiary/aromatic N) is 2. The van der Waals surface area contributed by atoms with Gasteiger partial charge in [0.2, 0.25) is 0 Å². The lowest BCUT2D eigenvalue weighted by atomic mass is 10.1. The van der Waals surface area contributed by atoms with Gasteiger partial charge in [-0.2, -0.15) is 5.10 Å². The first kappa shape index (κ1) is 24.0. The topological polar surface area (TPSA) is 78.8 Å². The Morgan fingerprint density at radius 3 is 2.44 bits per heavy atom. The molecule has 0 aliphatic heterocycles. The van der Waals surface area contributed by atoms with Crippen LogP contribution in [0.4, 0.5) is 5.69 Å². The number of benzene rings is 3. The van der Waals surface area contributed by atoms with Crippen LogP contribution in [0.25, 0.3) is 0 Å². The molecule has 3 aromatic rings. The third-order valence-corrected chi connectivity index (χ3v) is 7.14. The predicted octanol–water partition coefficient (Wildman–Crippen LogP) is 5.15. The Kier molecular flexibility index (Phi) is 7.71. The van der Waals surface area contributed by atoms with E-state index in [1.165, 1.54) is 12.1 Å². The van der Waals surface area contributed by atoms with Gasteiger partial charge in [0, 0.05) is 9.50 Å². The molecule has 0 aliphatic rings. The lowest BCUT2D eigenvalue weighted by Gasteiger charge is -2.25. The molecule has 3 rings (SSSR count). The highest BCUT2D eigenvalue weighted by Crippen LogP contribution is 2.28. The maximum Gasteiger partial charge on any atom is 0.264 e. The number of rotatable bonds is 7. The minimum Gasteiger partial charge on any atom is -0.271 e. The van der Waals surface area contributed by atoms with Crippen LogP contribution in [-0.4, -0.2) is 26.6 Å². The molecular formula is C23H21BrClN3O3S. The second-order valence-corrected chi connectivity index (χ2v) is 10.2. The van der Waals surface area contributed by atoms with Crippen molar-refractivity contribution in [2.75, 3.05) is 10.8 Å². The minimum absolute atomic E-state index is 0.0796. The van der Waals surface area contributed by atoms with Crippen LogP contribution < -0.4 is 9.73 Å². The van der Waals surface area contributed by atoms with Gasteiger partial charge in [0.25, 0.3) is 15.9 Å². The molecule has 0 radical (unpaired) electrons. The summed E-state index contributed by atoms with van der Waals surface area (Å²) < 4.78 is 28.7. The Labute approximate surface area is 201 Å². The van der Waals surface area contributed by atoms with Gasteiger partial charge >= 0.3 is 0 Å². The fourth-order valence-corrected chi connectivity index (χ4v) is 5.14. The van der Waals surface area contributed by atoms with Gasteiger partial charge < -0.3 is 0 Å². The van der Waals surface area contributed by atoms with E-state index in [1.54, 1.807) is 50.2 Å². The lowest BCUT2D eigenvalue weighted by Crippen LogP contribution is -2.40. The summed E-state index contributed by atoms with van der Waals surface area (Å²) in [4.78, 5) is 12.8. The highest BCUT2D eigenvalue weighted by atomic mass is 79.9. The van der Waals surface area contributed by atoms with Crippen LogP contribution in [0, 0.1) is 6.92 Å². The Morgan fingerprint density at radius 1 is 1.06 bits per heavy atom. The summed E-state index contributed by atoms with van der Waals surface area (Å²) in [6.07, 6.45) is 0. The number of carbonyl (C=O) groups is 1. The summed E-state index contributed by atoms with van der Waals surface area (Å²) >= 11 is 9.44. The van der Waals surface area contributed by atoms with Crippen molar-refractivity contribution in [3.8, 4) is 0 Å². The second-order valence-electron chi connectivity index (χ2n) is 7.00. The van der Waals surface area contributed by atoms with Crippen LogP contribution >= 0.6 is 27.5 Å². The summed E-state index contributed by atoms with van der Waals surface area (Å²) in [7, 11) is -4.01. The number of carbonyl (C=O) groups excluding carboxylic acids is 1. The van der Waals surface area contributed by atoms with E-state index in [0.717, 1.165) is 14.3 Å². The van der Waals surface area contributed by atoms with Crippen molar-refractivity contribution < 1.29 is 13.2 Å². The monoisotopic (exact) mass is 533 g/mol. The zero-order chi connectivity index (χ0) is 23.3. The molecule has 0 fully saturated rings. The van der Waals surface area contributed by atoms with E-state index < -0.39 is 22.5 Å². The van der Waals surface area contributed by atoms with E-state index in [4.69, 9.17) is 11.6 Å². The molecular weight excluding hydrogens is 514 g/mol. The fourth-order valence-electron chi connectivity index (χ4n) is 3.01. The summed E-state index contributed by atoms with van der Waals surface area (Å²) in [6.45, 7) is 3.04. The average molecular weight is 535 g/mol. The molecule has 3 aromatic carbocycles. The molecule has 1 N–H and O–H groups in total. The molecule has 1 amide bonds. The number of anilines is 1. The first-order valence-electron chi connectivity index (χ1n) is 9.61. The van der Waals surface area contributed by atoms with E-state index in [9.17, 15) is 13.2 Å². The zero-order valence-electron chi connectivity index (χ0n) is 17.4. The van der Waals surface area contributed by atoms with Crippen LogP contribution in [0.15, 0.2) is 87.3 Å². The van der Waals surface area contributed by atoms with E-state index in [1.807, 2.05) is 24.3 Å². The molecule has 0 bridgehead atoms. The Bertz CT molecular complexity index is 1260. The van der Waals surface area contributed by atoms with E-state index in [-0.39, 0.29) is 4.90 Å². The zero-order valence-corrected chi connectivity index (χ0v) is 20.6. The normalized spacial score (nSPS) is 11.8. The van der Waals surface area contributed by atoms with Crippen molar-refractivity contribution >= 4 is 54.9 Å². The lowest BCUT2D eigenvalue weighted by molar-refractivity contribution is -0.119. The van der Waals surface area contributed by atoms with Gasteiger partial charge in [0.05, 0.1) is 16.3 Å². The Hall–Kier alpha value is -2.68. The standard InChI is InChI=1S/C23H21BrClN3O3S/c1-16-13-20(25)11-12-22(16)28(32(30,31)21-9-4-3-5-10-21)15-23(29)27-26-17(2)18-7-6-8-19(24)14-18/h3-14H,15H2,1-2H3,(H,27,29)/b26-17-. The highest BCUT2D eigenvalue weighted by Gasteiger charge is 2.28. The molecule has 0 saturated carbocycles. The van der Waals surface area contributed by atoms with Crippen LogP contribution in [0.2, 0.25) is 5.02 Å². The van der Waals surface area contributed by atoms with Crippen LogP contribution in [0.5, 0.6) is 0 Å². The predicted molar refractivity (Wildman–Crippen MR) is 132 cm³/mol. The Balaban J connectivity index is 1.90. The maximum absolute atomic E-state index is 13.4. The van der Waals surface area contributed by atoms with Gasteiger partial charge in [-0.3, -0.25) is 9.10 Å². The number of amides is 1. The van der Waals surface area contributed by atoms with Crippen molar-refractivity contribution in [1.82, 2.24) is 5.43 Å². The van der Waals surface area contributed by atoms with Crippen molar-refractivity contribution in [1.29, 1.82) is 0 Å². The van der Waals surface area contributed by atoms with Gasteiger partial charge in [-0.15, -0.1) is 0 Å². The first-order valence-corrected chi connectivity index (χ1v) is 12.2. The SMILES string of the molecule is C/C(=N/NC(=O)CN(c1ccc(Cl)cc1C)S(=O)(=O)c1ccccc1)c1cccc(Br)c1. The van der Waals surface area contributed by atoms with Crippen molar-refractivity contribution in [3.63, 3.8) is 0 Å². The quantitative estimate of drug-likeness (QED) is 0.336. The van der Waals surface area contributed by atoms with Gasteiger partial charge in [0.1, 0.15) is 6.54 Å². The van der Waals surface area contributed by atoms with Crippen LogP contribution in [0.1, 0.15) is 18.1 Å². The molecule has 0 aromatic heterocycles. The van der Waals surface area contributed by atoms with Crippen molar-refractivity contribution in [3.05, 3.63) is 93.4 Å². The van der Waals surface area contributed by atoms with E-state index in [2.05, 4.69) is 26.5 Å². The highest BCUT2D eigenvalue weighted by molar-refractivity contribution is 9.10. The minimum atomic E-state index is -4.01. The third kappa shape index (κ3) is 5.76. The fraction of sp³-hybridized carbons (Fsp3) is 0.130. The molecule has 32 heavy (non-hydrogen) atoms. The number of halogens is 2. The van der Waals surface area contributed by atoms with Gasteiger partial charge in [-0.05, 0) is 67.4 Å². The molecule has 6 nitrogen and oxygen atoms in total. The second kappa shape index (κ2) is 10.3. The molecule has 9 heteroatoms. The van der Waals surface area contributed by atoms with Crippen LogP contribution in [0.3, 0.4) is 0 Å². The summed E-state index contributed by atoms with van der Waals surface area (Å²) in [5.41, 5.74) is 4.85. The van der Waals surface area contributed by atoms with Gasteiger partial charge in [0.15, 0.2) is 0 Å². The molecule has 0 aliphatic carbocycles. The smallest absolute Gasteiger partial charge is 0.264 e. The van der Waals surface area contributed by atoms with Crippen LogP contribution in [-0.2, 0) is 14.8 Å². The molecule has 0 heterocycles. The number of hydrazone groups is 1. The van der Waals surface area contributed by atoms with E-state index in [0.29, 0.717) is 22.0 Å². The maximum atomic E-state index is 13.4. The van der Waals surface area contributed by atoms with Gasteiger partial charge in [-0.25, -0.2) is 13.8 Å². The number of hydrogen-bond donors (Lipinski definition) is 1. The number of hydrogen-bond acceptors (Lipinski definition) is 4. The third-order valence-electron chi connectivity index (χ3n) is 4.64. The Morgan fingerprint density at radius 2 is 1.78 bits per heavy atom. The molecule has 0 unspecified atom stereocenters. The number of sulfonamides is 1. The summed E-state index contributed by atoms with van der Waals surface area (Å²) in [5, 5.41) is 4.60.